The molecule has 1 rings (SSSR count). The number of pyridine rings is 1. The normalized spacial score (nSPS) is 12.1. The third-order valence-corrected chi connectivity index (χ3v) is 1.98. The van der Waals surface area contributed by atoms with Crippen LogP contribution < -0.4 is 10.6 Å². The maximum atomic E-state index is 11.0. The van der Waals surface area contributed by atoms with E-state index in [4.69, 9.17) is 0 Å². The van der Waals surface area contributed by atoms with Crippen molar-refractivity contribution in [3.8, 4) is 0 Å². The first-order chi connectivity index (χ1) is 6.74. The predicted molar refractivity (Wildman–Crippen MR) is 54.7 cm³/mol. The quantitative estimate of drug-likeness (QED) is 0.731. The van der Waals surface area contributed by atoms with Crippen molar-refractivity contribution in [3.63, 3.8) is 0 Å². The van der Waals surface area contributed by atoms with Gasteiger partial charge in [0.15, 0.2) is 0 Å². The third-order valence-electron chi connectivity index (χ3n) is 1.98. The predicted octanol–water partition coefficient (Wildman–Crippen LogP) is 0.478. The summed E-state index contributed by atoms with van der Waals surface area (Å²) in [5.41, 5.74) is 0.941. The topological polar surface area (TPSA) is 54.0 Å². The molecule has 0 aliphatic carbocycles. The molecule has 0 bridgehead atoms. The number of hydrogen-bond acceptors (Lipinski definition) is 3. The molecule has 0 aliphatic heterocycles. The average molecular weight is 193 g/mol. The molecule has 1 heterocycles. The van der Waals surface area contributed by atoms with Crippen LogP contribution in [0.4, 0.5) is 0 Å². The molecule has 0 radical (unpaired) electrons. The Hall–Kier alpha value is -1.42. The van der Waals surface area contributed by atoms with E-state index in [0.29, 0.717) is 6.54 Å². The molecule has 0 saturated carbocycles. The lowest BCUT2D eigenvalue weighted by Gasteiger charge is -2.11. The van der Waals surface area contributed by atoms with Crippen LogP contribution in [0, 0.1) is 0 Å². The SMILES string of the molecule is CNC(=O)CN[C@@H](C)c1ccccn1. The summed E-state index contributed by atoms with van der Waals surface area (Å²) < 4.78 is 0. The average Bonchev–Trinajstić information content (AvgIpc) is 2.26. The third kappa shape index (κ3) is 3.14. The maximum absolute atomic E-state index is 11.0. The zero-order valence-corrected chi connectivity index (χ0v) is 8.45. The summed E-state index contributed by atoms with van der Waals surface area (Å²) in [7, 11) is 1.62. The molecule has 1 atom stereocenters. The van der Waals surface area contributed by atoms with Crippen LogP contribution in [0.25, 0.3) is 0 Å². The van der Waals surface area contributed by atoms with Crippen LogP contribution in [0.2, 0.25) is 0 Å². The molecule has 1 amide bonds. The molecule has 0 fully saturated rings. The fourth-order valence-electron chi connectivity index (χ4n) is 1.07. The molecule has 0 aromatic carbocycles. The number of amides is 1. The van der Waals surface area contributed by atoms with Crippen molar-refractivity contribution in [1.82, 2.24) is 15.6 Å². The van der Waals surface area contributed by atoms with Gasteiger partial charge in [-0.15, -0.1) is 0 Å². The monoisotopic (exact) mass is 193 g/mol. The standard InChI is InChI=1S/C10H15N3O/c1-8(13-7-10(14)11-2)9-5-3-4-6-12-9/h3-6,8,13H,7H2,1-2H3,(H,11,14)/t8-/m0/s1. The second-order valence-corrected chi connectivity index (χ2v) is 3.03. The fraction of sp³-hybridized carbons (Fsp3) is 0.400. The lowest BCUT2D eigenvalue weighted by atomic mass is 10.2. The van der Waals surface area contributed by atoms with Crippen molar-refractivity contribution in [2.24, 2.45) is 0 Å². The molecule has 1 aromatic heterocycles. The van der Waals surface area contributed by atoms with Crippen molar-refractivity contribution >= 4 is 5.91 Å². The molecule has 14 heavy (non-hydrogen) atoms. The van der Waals surface area contributed by atoms with Crippen LogP contribution in [0.5, 0.6) is 0 Å². The van der Waals surface area contributed by atoms with Gasteiger partial charge in [0.25, 0.3) is 0 Å². The first-order valence-electron chi connectivity index (χ1n) is 4.59. The van der Waals surface area contributed by atoms with Crippen molar-refractivity contribution in [1.29, 1.82) is 0 Å². The molecular formula is C10H15N3O. The molecule has 2 N–H and O–H groups in total. The van der Waals surface area contributed by atoms with Gasteiger partial charge >= 0.3 is 0 Å². The number of carbonyl (C=O) groups excluding carboxylic acids is 1. The van der Waals surface area contributed by atoms with Gasteiger partial charge in [-0.1, -0.05) is 6.07 Å². The van der Waals surface area contributed by atoms with Crippen LogP contribution in [0.1, 0.15) is 18.7 Å². The van der Waals surface area contributed by atoms with Gasteiger partial charge in [0, 0.05) is 19.3 Å². The summed E-state index contributed by atoms with van der Waals surface area (Å²) in [6, 6.07) is 5.82. The van der Waals surface area contributed by atoms with Gasteiger partial charge in [0.1, 0.15) is 0 Å². The summed E-state index contributed by atoms with van der Waals surface area (Å²) in [6.07, 6.45) is 1.74. The van der Waals surface area contributed by atoms with Crippen LogP contribution >= 0.6 is 0 Å². The second-order valence-electron chi connectivity index (χ2n) is 3.03. The lowest BCUT2D eigenvalue weighted by molar-refractivity contribution is -0.119. The van der Waals surface area contributed by atoms with Crippen LogP contribution in [-0.2, 0) is 4.79 Å². The van der Waals surface area contributed by atoms with Gasteiger partial charge in [-0.2, -0.15) is 0 Å². The molecule has 4 nitrogen and oxygen atoms in total. The van der Waals surface area contributed by atoms with Crippen molar-refractivity contribution < 1.29 is 4.79 Å². The molecular weight excluding hydrogens is 178 g/mol. The van der Waals surface area contributed by atoms with Gasteiger partial charge < -0.3 is 10.6 Å². The van der Waals surface area contributed by atoms with Crippen molar-refractivity contribution in [2.75, 3.05) is 13.6 Å². The van der Waals surface area contributed by atoms with E-state index in [-0.39, 0.29) is 11.9 Å². The Labute approximate surface area is 83.7 Å². The Bertz CT molecular complexity index is 287. The van der Waals surface area contributed by atoms with Gasteiger partial charge in [-0.25, -0.2) is 0 Å². The Morgan fingerprint density at radius 2 is 2.36 bits per heavy atom. The lowest BCUT2D eigenvalue weighted by Crippen LogP contribution is -2.33. The first-order valence-corrected chi connectivity index (χ1v) is 4.59. The van der Waals surface area contributed by atoms with Gasteiger partial charge in [-0.3, -0.25) is 9.78 Å². The number of nitrogens with zero attached hydrogens (tertiary/aromatic N) is 1. The minimum Gasteiger partial charge on any atom is -0.358 e. The number of aromatic nitrogens is 1. The Kier molecular flexibility index (Phi) is 4.07. The molecule has 1 aromatic rings. The fourth-order valence-corrected chi connectivity index (χ4v) is 1.07. The molecule has 0 spiro atoms. The summed E-state index contributed by atoms with van der Waals surface area (Å²) >= 11 is 0. The molecule has 0 saturated heterocycles. The summed E-state index contributed by atoms with van der Waals surface area (Å²) in [4.78, 5) is 15.1. The summed E-state index contributed by atoms with van der Waals surface area (Å²) in [6.45, 7) is 2.29. The second kappa shape index (κ2) is 5.34. The minimum absolute atomic E-state index is 0.0206. The van der Waals surface area contributed by atoms with Crippen LogP contribution in [-0.4, -0.2) is 24.5 Å². The van der Waals surface area contributed by atoms with E-state index in [1.165, 1.54) is 0 Å². The Morgan fingerprint density at radius 1 is 1.57 bits per heavy atom. The minimum atomic E-state index is -0.0206. The van der Waals surface area contributed by atoms with Gasteiger partial charge in [0.05, 0.1) is 12.2 Å². The van der Waals surface area contributed by atoms with Crippen molar-refractivity contribution in [3.05, 3.63) is 30.1 Å². The highest BCUT2D eigenvalue weighted by molar-refractivity contribution is 5.77. The molecule has 0 aliphatic rings. The molecule has 4 heteroatoms. The molecule has 0 unspecified atom stereocenters. The van der Waals surface area contributed by atoms with E-state index in [1.807, 2.05) is 25.1 Å². The van der Waals surface area contributed by atoms with E-state index in [9.17, 15) is 4.79 Å². The number of likely N-dealkylation sites (N-methyl/N-ethyl adjacent to an activating group) is 1. The van der Waals surface area contributed by atoms with E-state index in [1.54, 1.807) is 13.2 Å². The zero-order chi connectivity index (χ0) is 10.4. The Balaban J connectivity index is 2.43. The van der Waals surface area contributed by atoms with Crippen LogP contribution in [0.15, 0.2) is 24.4 Å². The van der Waals surface area contributed by atoms with E-state index in [0.717, 1.165) is 5.69 Å². The van der Waals surface area contributed by atoms with E-state index >= 15 is 0 Å². The summed E-state index contributed by atoms with van der Waals surface area (Å²) in [5, 5.41) is 5.62. The highest BCUT2D eigenvalue weighted by Gasteiger charge is 2.06. The highest BCUT2D eigenvalue weighted by Crippen LogP contribution is 2.06. The van der Waals surface area contributed by atoms with Gasteiger partial charge in [-0.05, 0) is 19.1 Å². The van der Waals surface area contributed by atoms with E-state index < -0.39 is 0 Å². The highest BCUT2D eigenvalue weighted by atomic mass is 16.1. The van der Waals surface area contributed by atoms with Gasteiger partial charge in [0.2, 0.25) is 5.91 Å². The smallest absolute Gasteiger partial charge is 0.233 e. The summed E-state index contributed by atoms with van der Waals surface area (Å²) in [5.74, 6) is -0.0206. The number of carbonyl (C=O) groups is 1. The first kappa shape index (κ1) is 10.7. The Morgan fingerprint density at radius 3 is 2.93 bits per heavy atom. The molecule has 76 valence electrons. The number of rotatable bonds is 4. The van der Waals surface area contributed by atoms with E-state index in [2.05, 4.69) is 15.6 Å². The maximum Gasteiger partial charge on any atom is 0.233 e. The number of nitrogens with one attached hydrogen (secondary N) is 2. The number of hydrogen-bond donors (Lipinski definition) is 2. The van der Waals surface area contributed by atoms with Crippen LogP contribution in [0.3, 0.4) is 0 Å². The zero-order valence-electron chi connectivity index (χ0n) is 8.45. The van der Waals surface area contributed by atoms with Crippen molar-refractivity contribution in [2.45, 2.75) is 13.0 Å². The largest absolute Gasteiger partial charge is 0.358 e.